The molecular weight excluding hydrogens is 567 g/mol. The van der Waals surface area contributed by atoms with Crippen LogP contribution in [0.2, 0.25) is 0 Å². The third-order valence-corrected chi connectivity index (χ3v) is 6.88. The van der Waals surface area contributed by atoms with Crippen LogP contribution in [0.5, 0.6) is 5.88 Å². The predicted molar refractivity (Wildman–Crippen MR) is 129 cm³/mol. The molecule has 0 atom stereocenters. The summed E-state index contributed by atoms with van der Waals surface area (Å²) in [5.74, 6) is -2.05. The van der Waals surface area contributed by atoms with E-state index in [-0.39, 0.29) is 48.3 Å². The van der Waals surface area contributed by atoms with Gasteiger partial charge in [0.25, 0.3) is 12.3 Å². The van der Waals surface area contributed by atoms with Crippen molar-refractivity contribution in [3.05, 3.63) is 34.1 Å². The highest BCUT2D eigenvalue weighted by Gasteiger charge is 2.41. The zero-order valence-electron chi connectivity index (χ0n) is 19.9. The van der Waals surface area contributed by atoms with Crippen molar-refractivity contribution in [2.75, 3.05) is 11.9 Å². The third-order valence-electron chi connectivity index (χ3n) is 6.28. The molecule has 0 bridgehead atoms. The van der Waals surface area contributed by atoms with Gasteiger partial charge in [-0.25, -0.2) is 18.7 Å². The van der Waals surface area contributed by atoms with Crippen LogP contribution in [0, 0.1) is 12.8 Å². The Bertz CT molecular complexity index is 1270. The lowest BCUT2D eigenvalue weighted by Crippen LogP contribution is -2.40. The maximum atomic E-state index is 13.1. The molecule has 37 heavy (non-hydrogen) atoms. The van der Waals surface area contributed by atoms with Crippen LogP contribution in [0.3, 0.4) is 0 Å². The molecule has 1 fully saturated rings. The topological polar surface area (TPSA) is 94.0 Å². The second-order valence-electron chi connectivity index (χ2n) is 8.86. The van der Waals surface area contributed by atoms with E-state index in [1.54, 1.807) is 23.9 Å². The lowest BCUT2D eigenvalue weighted by molar-refractivity contribution is -0.182. The Balaban J connectivity index is 1.62. The number of nitrogens with zero attached hydrogens (tertiary/aromatic N) is 4. The Hall–Kier alpha value is -3.03. The van der Waals surface area contributed by atoms with Gasteiger partial charge in [0.2, 0.25) is 11.8 Å². The van der Waals surface area contributed by atoms with E-state index in [4.69, 9.17) is 4.74 Å². The number of anilines is 2. The third kappa shape index (κ3) is 6.11. The molecule has 0 aliphatic heterocycles. The zero-order chi connectivity index (χ0) is 26.9. The quantitative estimate of drug-likeness (QED) is 0.272. The summed E-state index contributed by atoms with van der Waals surface area (Å²) >= 11 is 3.38. The van der Waals surface area contributed by atoms with Crippen LogP contribution in [0.1, 0.15) is 41.6 Å². The molecule has 2 N–H and O–H groups in total. The molecule has 4 rings (SSSR count). The molecule has 8 nitrogen and oxygen atoms in total. The molecule has 3 heterocycles. The zero-order valence-corrected chi connectivity index (χ0v) is 21.5. The molecule has 3 aromatic rings. The number of pyridine rings is 2. The van der Waals surface area contributed by atoms with Gasteiger partial charge >= 0.3 is 6.18 Å². The first-order chi connectivity index (χ1) is 17.4. The molecule has 1 aliphatic rings. The summed E-state index contributed by atoms with van der Waals surface area (Å²) in [7, 11) is 1.65. The first-order valence-electron chi connectivity index (χ1n) is 11.5. The second kappa shape index (κ2) is 10.8. The van der Waals surface area contributed by atoms with E-state index in [0.717, 1.165) is 5.56 Å². The second-order valence-corrected chi connectivity index (χ2v) is 9.61. The number of rotatable bonds is 7. The number of amides is 1. The van der Waals surface area contributed by atoms with Gasteiger partial charge in [0.1, 0.15) is 15.7 Å². The van der Waals surface area contributed by atoms with Gasteiger partial charge in [-0.2, -0.15) is 18.2 Å². The first-order valence-corrected chi connectivity index (χ1v) is 12.3. The average Bonchev–Trinajstić information content (AvgIpc) is 3.13. The van der Waals surface area contributed by atoms with E-state index in [9.17, 15) is 26.7 Å². The molecule has 1 aliphatic carbocycles. The Labute approximate surface area is 217 Å². The molecular formula is C23H24BrF5N6O2. The molecule has 0 unspecified atom stereocenters. The van der Waals surface area contributed by atoms with Crippen molar-refractivity contribution < 1.29 is 31.5 Å². The molecule has 1 saturated carbocycles. The standard InChI is InChI=1S/C23H24BrF5N6O2/c1-11-7-8-30-18(24)17(11)33-22-32-15-9-14(21(37-10-16(25)26)34-19(15)35(22)2)20(36)31-13-5-3-12(4-6-13)23(27,28)29/h7-9,12-13,16H,3-6,10H2,1-2H3,(H,31,36)(H,32,33)/t12-,13-. The van der Waals surface area contributed by atoms with Crippen molar-refractivity contribution in [1.82, 2.24) is 24.8 Å². The number of nitrogens with one attached hydrogen (secondary N) is 2. The highest BCUT2D eigenvalue weighted by molar-refractivity contribution is 9.10. The number of hydrogen-bond acceptors (Lipinski definition) is 6. The smallest absolute Gasteiger partial charge is 0.391 e. The largest absolute Gasteiger partial charge is 0.471 e. The monoisotopic (exact) mass is 590 g/mol. The number of alkyl halides is 5. The normalized spacial score (nSPS) is 18.3. The molecule has 0 spiro atoms. The maximum absolute atomic E-state index is 13.1. The highest BCUT2D eigenvalue weighted by Crippen LogP contribution is 2.38. The average molecular weight is 591 g/mol. The van der Waals surface area contributed by atoms with E-state index < -0.39 is 37.1 Å². The molecule has 14 heteroatoms. The minimum Gasteiger partial charge on any atom is -0.471 e. The fraction of sp³-hybridized carbons (Fsp3) is 0.478. The number of imidazole rings is 1. The first kappa shape index (κ1) is 27.0. The molecule has 0 saturated heterocycles. The van der Waals surface area contributed by atoms with Crippen LogP contribution in [-0.2, 0) is 7.05 Å². The summed E-state index contributed by atoms with van der Waals surface area (Å²) in [5.41, 5.74) is 1.96. The van der Waals surface area contributed by atoms with Crippen LogP contribution in [0.25, 0.3) is 11.2 Å². The lowest BCUT2D eigenvalue weighted by atomic mass is 9.85. The van der Waals surface area contributed by atoms with Gasteiger partial charge in [-0.3, -0.25) is 9.36 Å². The van der Waals surface area contributed by atoms with E-state index in [2.05, 4.69) is 41.5 Å². The summed E-state index contributed by atoms with van der Waals surface area (Å²) in [6.45, 7) is 0.886. The summed E-state index contributed by atoms with van der Waals surface area (Å²) < 4.78 is 72.0. The number of aromatic nitrogens is 4. The van der Waals surface area contributed by atoms with Gasteiger partial charge in [-0.05, 0) is 66.2 Å². The Morgan fingerprint density at radius 1 is 1.24 bits per heavy atom. The molecule has 1 amide bonds. The Morgan fingerprint density at radius 3 is 2.57 bits per heavy atom. The maximum Gasteiger partial charge on any atom is 0.391 e. The SMILES string of the molecule is Cc1ccnc(Br)c1Nc1nc2cc(C(=O)N[C@H]3CC[C@H](C(F)(F)F)CC3)c(OCC(F)F)nc2n1C. The Morgan fingerprint density at radius 2 is 1.95 bits per heavy atom. The van der Waals surface area contributed by atoms with Crippen molar-refractivity contribution in [1.29, 1.82) is 0 Å². The van der Waals surface area contributed by atoms with Gasteiger partial charge in [-0.1, -0.05) is 0 Å². The van der Waals surface area contributed by atoms with Crippen LogP contribution in [0.4, 0.5) is 33.6 Å². The van der Waals surface area contributed by atoms with E-state index in [0.29, 0.717) is 16.2 Å². The van der Waals surface area contributed by atoms with Gasteiger partial charge < -0.3 is 15.4 Å². The van der Waals surface area contributed by atoms with Gasteiger partial charge in [0.15, 0.2) is 12.3 Å². The van der Waals surface area contributed by atoms with Gasteiger partial charge in [0, 0.05) is 19.3 Å². The minimum absolute atomic E-state index is 0.0982. The number of carbonyl (C=O) groups is 1. The van der Waals surface area contributed by atoms with Crippen molar-refractivity contribution in [3.63, 3.8) is 0 Å². The van der Waals surface area contributed by atoms with Crippen molar-refractivity contribution >= 4 is 44.6 Å². The van der Waals surface area contributed by atoms with E-state index >= 15 is 0 Å². The van der Waals surface area contributed by atoms with Crippen LogP contribution in [-0.4, -0.2) is 50.7 Å². The predicted octanol–water partition coefficient (Wildman–Crippen LogP) is 5.67. The fourth-order valence-corrected chi connectivity index (χ4v) is 4.77. The van der Waals surface area contributed by atoms with Crippen LogP contribution < -0.4 is 15.4 Å². The summed E-state index contributed by atoms with van der Waals surface area (Å²) in [4.78, 5) is 26.0. The number of hydrogen-bond donors (Lipinski definition) is 2. The molecule has 3 aromatic heterocycles. The summed E-state index contributed by atoms with van der Waals surface area (Å²) in [6.07, 6.45) is -5.34. The number of aryl methyl sites for hydroxylation is 2. The molecule has 0 radical (unpaired) electrons. The molecule has 0 aromatic carbocycles. The minimum atomic E-state index is -4.27. The Kier molecular flexibility index (Phi) is 7.85. The van der Waals surface area contributed by atoms with Gasteiger partial charge in [0.05, 0.1) is 11.6 Å². The number of ether oxygens (including phenoxy) is 1. The highest BCUT2D eigenvalue weighted by atomic mass is 79.9. The number of halogens is 6. The van der Waals surface area contributed by atoms with E-state index in [1.165, 1.54) is 6.07 Å². The number of carbonyl (C=O) groups excluding carboxylic acids is 1. The van der Waals surface area contributed by atoms with Crippen molar-refractivity contribution in [2.24, 2.45) is 13.0 Å². The lowest BCUT2D eigenvalue weighted by Gasteiger charge is -2.30. The van der Waals surface area contributed by atoms with Crippen molar-refractivity contribution in [2.45, 2.75) is 51.3 Å². The fourth-order valence-electron chi connectivity index (χ4n) is 4.24. The molecule has 200 valence electrons. The van der Waals surface area contributed by atoms with E-state index in [1.807, 2.05) is 6.92 Å². The van der Waals surface area contributed by atoms with Gasteiger partial charge in [-0.15, -0.1) is 0 Å². The van der Waals surface area contributed by atoms with Crippen LogP contribution >= 0.6 is 15.9 Å². The van der Waals surface area contributed by atoms with Crippen molar-refractivity contribution in [3.8, 4) is 5.88 Å². The van der Waals surface area contributed by atoms with Crippen LogP contribution in [0.15, 0.2) is 22.9 Å². The summed E-state index contributed by atoms with van der Waals surface area (Å²) in [6, 6.07) is 2.68. The number of fused-ring (bicyclic) bond motifs is 1. The summed E-state index contributed by atoms with van der Waals surface area (Å²) in [5, 5.41) is 5.85.